The first-order valence-corrected chi connectivity index (χ1v) is 10.4. The first kappa shape index (κ1) is 11.9. The standard InChI is InChI=1S/C12H16Br2Si/c1-15(2,3)11-10(12(11,13)14)9-7-5-4-6-8-9/h4-8,10-11H,1-3H3/t10-,11-/m1/s1. The highest BCUT2D eigenvalue weighted by molar-refractivity contribution is 9.25. The lowest BCUT2D eigenvalue weighted by molar-refractivity contribution is 1.11. The quantitative estimate of drug-likeness (QED) is 0.522. The van der Waals surface area contributed by atoms with Gasteiger partial charge in [0.15, 0.2) is 0 Å². The lowest BCUT2D eigenvalue weighted by atomic mass is 10.1. The summed E-state index contributed by atoms with van der Waals surface area (Å²) in [5.41, 5.74) is 2.24. The maximum absolute atomic E-state index is 3.84. The molecule has 0 unspecified atom stereocenters. The van der Waals surface area contributed by atoms with E-state index in [1.807, 2.05) is 0 Å². The van der Waals surface area contributed by atoms with E-state index in [0.717, 1.165) is 5.54 Å². The van der Waals surface area contributed by atoms with Crippen LogP contribution in [0.1, 0.15) is 11.5 Å². The maximum Gasteiger partial charge on any atom is 0.0885 e. The number of alkyl halides is 2. The van der Waals surface area contributed by atoms with Crippen LogP contribution < -0.4 is 0 Å². The van der Waals surface area contributed by atoms with Gasteiger partial charge in [-0.25, -0.2) is 0 Å². The summed E-state index contributed by atoms with van der Waals surface area (Å²) in [5.74, 6) is 0.644. The third kappa shape index (κ3) is 2.11. The Balaban J connectivity index is 2.28. The normalized spacial score (nSPS) is 28.9. The second kappa shape index (κ2) is 3.71. The summed E-state index contributed by atoms with van der Waals surface area (Å²) in [4.78, 5) is 0. The Hall–Kier alpha value is 0.397. The van der Waals surface area contributed by atoms with Crippen LogP contribution in [0, 0.1) is 0 Å². The van der Waals surface area contributed by atoms with Gasteiger partial charge >= 0.3 is 0 Å². The fraction of sp³-hybridized carbons (Fsp3) is 0.500. The molecule has 0 heterocycles. The van der Waals surface area contributed by atoms with Gasteiger partial charge in [-0.05, 0) is 11.1 Å². The molecule has 15 heavy (non-hydrogen) atoms. The van der Waals surface area contributed by atoms with Crippen molar-refractivity contribution >= 4 is 39.9 Å². The van der Waals surface area contributed by atoms with Gasteiger partial charge in [-0.2, -0.15) is 0 Å². The van der Waals surface area contributed by atoms with Crippen LogP contribution in [-0.4, -0.2) is 11.3 Å². The molecule has 0 spiro atoms. The zero-order valence-corrected chi connectivity index (χ0v) is 13.5. The van der Waals surface area contributed by atoms with Gasteiger partial charge in [0.25, 0.3) is 0 Å². The van der Waals surface area contributed by atoms with E-state index in [1.54, 1.807) is 0 Å². The molecule has 0 aliphatic heterocycles. The molecule has 0 aromatic heterocycles. The number of benzene rings is 1. The summed E-state index contributed by atoms with van der Waals surface area (Å²) in [6.45, 7) is 7.33. The molecule has 0 radical (unpaired) electrons. The van der Waals surface area contributed by atoms with E-state index >= 15 is 0 Å². The van der Waals surface area contributed by atoms with E-state index in [0.29, 0.717) is 5.92 Å². The topological polar surface area (TPSA) is 0 Å². The Kier molecular flexibility index (Phi) is 2.93. The fourth-order valence-electron chi connectivity index (χ4n) is 2.48. The lowest BCUT2D eigenvalue weighted by Crippen LogP contribution is -2.22. The Morgan fingerprint density at radius 3 is 2.00 bits per heavy atom. The van der Waals surface area contributed by atoms with Crippen LogP contribution in [0.3, 0.4) is 0 Å². The molecule has 2 atom stereocenters. The van der Waals surface area contributed by atoms with E-state index in [1.165, 1.54) is 5.56 Å². The second-order valence-electron chi connectivity index (χ2n) is 5.41. The Labute approximate surface area is 110 Å². The zero-order chi connectivity index (χ0) is 11.3. The molecular weight excluding hydrogens is 332 g/mol. The van der Waals surface area contributed by atoms with E-state index < -0.39 is 8.07 Å². The highest BCUT2D eigenvalue weighted by Gasteiger charge is 2.66. The van der Waals surface area contributed by atoms with Gasteiger partial charge in [-0.3, -0.25) is 0 Å². The third-order valence-corrected chi connectivity index (χ3v) is 8.62. The van der Waals surface area contributed by atoms with Crippen molar-refractivity contribution in [3.05, 3.63) is 35.9 Å². The van der Waals surface area contributed by atoms with Crippen LogP contribution in [0.2, 0.25) is 25.2 Å². The molecule has 0 bridgehead atoms. The van der Waals surface area contributed by atoms with Crippen molar-refractivity contribution in [2.45, 2.75) is 34.3 Å². The summed E-state index contributed by atoms with van der Waals surface area (Å²) < 4.78 is 0.159. The van der Waals surface area contributed by atoms with E-state index in [-0.39, 0.29) is 3.23 Å². The molecular formula is C12H16Br2Si. The average molecular weight is 348 g/mol. The summed E-state index contributed by atoms with van der Waals surface area (Å²) in [5, 5.41) is 0. The van der Waals surface area contributed by atoms with Crippen LogP contribution in [0.25, 0.3) is 0 Å². The monoisotopic (exact) mass is 346 g/mol. The van der Waals surface area contributed by atoms with E-state index in [9.17, 15) is 0 Å². The molecule has 0 nitrogen and oxygen atoms in total. The summed E-state index contributed by atoms with van der Waals surface area (Å²) >= 11 is 7.69. The smallest absolute Gasteiger partial charge is 0.0720 e. The van der Waals surface area contributed by atoms with Crippen molar-refractivity contribution < 1.29 is 0 Å². The summed E-state index contributed by atoms with van der Waals surface area (Å²) in [6.07, 6.45) is 0. The van der Waals surface area contributed by atoms with Crippen LogP contribution in [0.4, 0.5) is 0 Å². The molecule has 1 saturated carbocycles. The Morgan fingerprint density at radius 2 is 1.60 bits per heavy atom. The van der Waals surface area contributed by atoms with E-state index in [2.05, 4.69) is 81.8 Å². The highest BCUT2D eigenvalue weighted by Crippen LogP contribution is 2.74. The maximum atomic E-state index is 3.84. The molecule has 0 saturated heterocycles. The van der Waals surface area contributed by atoms with Gasteiger partial charge < -0.3 is 0 Å². The van der Waals surface area contributed by atoms with Crippen LogP contribution >= 0.6 is 31.9 Å². The van der Waals surface area contributed by atoms with Gasteiger partial charge in [-0.1, -0.05) is 81.8 Å². The summed E-state index contributed by atoms with van der Waals surface area (Å²) in [7, 11) is -1.10. The van der Waals surface area contributed by atoms with Crippen LogP contribution in [0.5, 0.6) is 0 Å². The van der Waals surface area contributed by atoms with Gasteiger partial charge in [0, 0.05) is 5.92 Å². The van der Waals surface area contributed by atoms with Crippen molar-refractivity contribution in [3.8, 4) is 0 Å². The SMILES string of the molecule is C[Si](C)(C)[C@@H]1[C@@H](c2ccccc2)C1(Br)Br. The number of rotatable bonds is 2. The predicted octanol–water partition coefficient (Wildman–Crippen LogP) is 4.98. The minimum absolute atomic E-state index is 0.159. The van der Waals surface area contributed by atoms with Crippen LogP contribution in [-0.2, 0) is 0 Å². The molecule has 0 amide bonds. The summed E-state index contributed by atoms with van der Waals surface area (Å²) in [6, 6.07) is 10.8. The third-order valence-electron chi connectivity index (χ3n) is 3.15. The number of hydrogen-bond donors (Lipinski definition) is 0. The Morgan fingerprint density at radius 1 is 1.07 bits per heavy atom. The zero-order valence-electron chi connectivity index (χ0n) is 9.30. The van der Waals surface area contributed by atoms with Crippen molar-refractivity contribution in [1.82, 2.24) is 0 Å². The van der Waals surface area contributed by atoms with Gasteiger partial charge in [0.2, 0.25) is 0 Å². The molecule has 2 rings (SSSR count). The van der Waals surface area contributed by atoms with Crippen molar-refractivity contribution in [1.29, 1.82) is 0 Å². The minimum Gasteiger partial charge on any atom is -0.0720 e. The largest absolute Gasteiger partial charge is 0.0885 e. The molecule has 0 N–H and O–H groups in total. The van der Waals surface area contributed by atoms with Gasteiger partial charge in [0.05, 0.1) is 11.3 Å². The molecule has 1 aromatic rings. The number of halogens is 2. The molecule has 1 aliphatic carbocycles. The molecule has 82 valence electrons. The van der Waals surface area contributed by atoms with Crippen molar-refractivity contribution in [2.24, 2.45) is 0 Å². The van der Waals surface area contributed by atoms with E-state index in [4.69, 9.17) is 0 Å². The van der Waals surface area contributed by atoms with Crippen molar-refractivity contribution in [3.63, 3.8) is 0 Å². The molecule has 3 heteroatoms. The van der Waals surface area contributed by atoms with Crippen molar-refractivity contribution in [2.75, 3.05) is 0 Å². The van der Waals surface area contributed by atoms with Crippen LogP contribution in [0.15, 0.2) is 30.3 Å². The molecule has 1 fully saturated rings. The lowest BCUT2D eigenvalue weighted by Gasteiger charge is -2.16. The minimum atomic E-state index is -1.10. The van der Waals surface area contributed by atoms with Gasteiger partial charge in [0.1, 0.15) is 0 Å². The fourth-order valence-corrected chi connectivity index (χ4v) is 11.1. The highest BCUT2D eigenvalue weighted by atomic mass is 79.9. The first-order valence-electron chi connectivity index (χ1n) is 5.28. The second-order valence-corrected chi connectivity index (χ2v) is 14.4. The Bertz CT molecular complexity index is 354. The molecule has 1 aromatic carbocycles. The predicted molar refractivity (Wildman–Crippen MR) is 76.9 cm³/mol. The van der Waals surface area contributed by atoms with Gasteiger partial charge in [-0.15, -0.1) is 0 Å². The molecule has 1 aliphatic rings. The first-order chi connectivity index (χ1) is 6.85. The average Bonchev–Trinajstić information content (AvgIpc) is 2.70. The number of hydrogen-bond acceptors (Lipinski definition) is 0.